The number of aromatic amines is 1. The number of nitrogens with zero attached hydrogens (tertiary/aromatic N) is 3. The van der Waals surface area contributed by atoms with Gasteiger partial charge in [-0.2, -0.15) is 5.10 Å². The van der Waals surface area contributed by atoms with Crippen molar-refractivity contribution >= 4 is 11.4 Å². The predicted octanol–water partition coefficient (Wildman–Crippen LogP) is 3.48. The maximum atomic E-state index is 11.5. The number of rotatable bonds is 6. The van der Waals surface area contributed by atoms with E-state index in [0.29, 0.717) is 30.4 Å². The van der Waals surface area contributed by atoms with Crippen molar-refractivity contribution in [2.45, 2.75) is 32.6 Å². The first-order valence-electron chi connectivity index (χ1n) is 9.05. The van der Waals surface area contributed by atoms with Gasteiger partial charge < -0.3 is 14.4 Å². The Bertz CT molecular complexity index is 840. The fourth-order valence-electron chi connectivity index (χ4n) is 3.96. The number of H-pyrrole nitrogens is 1. The Hall–Kier alpha value is -2.77. The highest BCUT2D eigenvalue weighted by molar-refractivity contribution is 5.84. The third kappa shape index (κ3) is 2.56. The molecular formula is C18H22N4O4. The lowest BCUT2D eigenvalue weighted by Gasteiger charge is -2.40. The molecule has 0 aliphatic carbocycles. The molecule has 2 aromatic rings. The number of hydrogen-bond acceptors (Lipinski definition) is 6. The lowest BCUT2D eigenvalue weighted by Crippen LogP contribution is -2.38. The molecule has 0 amide bonds. The fraction of sp³-hybridized carbons (Fsp3) is 0.500. The van der Waals surface area contributed by atoms with Crippen LogP contribution in [-0.4, -0.2) is 41.4 Å². The van der Waals surface area contributed by atoms with E-state index >= 15 is 0 Å². The van der Waals surface area contributed by atoms with E-state index in [-0.39, 0.29) is 11.4 Å². The standard InChI is InChI=1S/C18H22N4O4/c1-3-25-14-10-15(26-4-2)13(22(23)24)9-12(14)17-18-16(19-20-17)11-5-7-21(18)8-6-11/h9-11H,3-8H2,1-2H3,(H,19,20). The third-order valence-corrected chi connectivity index (χ3v) is 5.10. The van der Waals surface area contributed by atoms with Gasteiger partial charge >= 0.3 is 5.69 Å². The molecule has 8 heteroatoms. The molecule has 1 N–H and O–H groups in total. The number of fused-ring (bicyclic) bond motifs is 2. The molecule has 26 heavy (non-hydrogen) atoms. The summed E-state index contributed by atoms with van der Waals surface area (Å²) in [5.74, 6) is 1.26. The monoisotopic (exact) mass is 358 g/mol. The summed E-state index contributed by atoms with van der Waals surface area (Å²) in [5, 5.41) is 19.2. The Morgan fingerprint density at radius 2 is 1.92 bits per heavy atom. The summed E-state index contributed by atoms with van der Waals surface area (Å²) >= 11 is 0. The highest BCUT2D eigenvalue weighted by Gasteiger charge is 2.36. The van der Waals surface area contributed by atoms with Gasteiger partial charge in [0.2, 0.25) is 5.75 Å². The SMILES string of the molecule is CCOc1cc(OCC)c([N+](=O)[O-])cc1-c1n[nH]c2c1N1CCC2CC1. The number of nitrogens with one attached hydrogen (secondary N) is 1. The van der Waals surface area contributed by atoms with E-state index in [1.165, 1.54) is 6.07 Å². The molecule has 5 rings (SSSR count). The van der Waals surface area contributed by atoms with E-state index in [1.54, 1.807) is 13.0 Å². The zero-order chi connectivity index (χ0) is 18.3. The number of ether oxygens (including phenoxy) is 2. The van der Waals surface area contributed by atoms with Gasteiger partial charge in [0.15, 0.2) is 0 Å². The Balaban J connectivity index is 1.89. The van der Waals surface area contributed by atoms with Gasteiger partial charge in [-0.05, 0) is 26.7 Å². The normalized spacial score (nSPS) is 15.8. The zero-order valence-electron chi connectivity index (χ0n) is 14.9. The van der Waals surface area contributed by atoms with Crippen molar-refractivity contribution < 1.29 is 14.4 Å². The molecule has 1 aromatic carbocycles. The summed E-state index contributed by atoms with van der Waals surface area (Å²) in [6, 6.07) is 3.13. The van der Waals surface area contributed by atoms with Crippen LogP contribution >= 0.6 is 0 Å². The van der Waals surface area contributed by atoms with Crippen LogP contribution in [0.2, 0.25) is 0 Å². The summed E-state index contributed by atoms with van der Waals surface area (Å²) in [4.78, 5) is 13.4. The quantitative estimate of drug-likeness (QED) is 0.628. The number of anilines is 1. The fourth-order valence-corrected chi connectivity index (χ4v) is 3.96. The van der Waals surface area contributed by atoms with Gasteiger partial charge in [0.1, 0.15) is 11.4 Å². The van der Waals surface area contributed by atoms with Crippen molar-refractivity contribution in [3.05, 3.63) is 27.9 Å². The van der Waals surface area contributed by atoms with Gasteiger partial charge in [-0.15, -0.1) is 0 Å². The maximum Gasteiger partial charge on any atom is 0.311 e. The van der Waals surface area contributed by atoms with Crippen molar-refractivity contribution in [2.24, 2.45) is 0 Å². The third-order valence-electron chi connectivity index (χ3n) is 5.10. The molecule has 138 valence electrons. The van der Waals surface area contributed by atoms with E-state index in [2.05, 4.69) is 15.1 Å². The Morgan fingerprint density at radius 1 is 1.23 bits per heavy atom. The maximum absolute atomic E-state index is 11.5. The second-order valence-corrected chi connectivity index (χ2v) is 6.54. The lowest BCUT2D eigenvalue weighted by atomic mass is 9.86. The highest BCUT2D eigenvalue weighted by atomic mass is 16.6. The molecule has 0 saturated carbocycles. The molecule has 3 aliphatic rings. The first-order chi connectivity index (χ1) is 12.6. The van der Waals surface area contributed by atoms with Crippen LogP contribution in [0.15, 0.2) is 12.1 Å². The molecule has 2 bridgehead atoms. The highest BCUT2D eigenvalue weighted by Crippen LogP contribution is 2.49. The van der Waals surface area contributed by atoms with E-state index < -0.39 is 4.92 Å². The summed E-state index contributed by atoms with van der Waals surface area (Å²) in [6.45, 7) is 6.47. The minimum Gasteiger partial charge on any atom is -0.493 e. The van der Waals surface area contributed by atoms with Gasteiger partial charge in [0, 0.05) is 31.1 Å². The Kier molecular flexibility index (Phi) is 4.18. The van der Waals surface area contributed by atoms with E-state index in [1.807, 2.05) is 6.92 Å². The van der Waals surface area contributed by atoms with Crippen molar-refractivity contribution in [3.63, 3.8) is 0 Å². The summed E-state index contributed by atoms with van der Waals surface area (Å²) < 4.78 is 11.2. The van der Waals surface area contributed by atoms with Crippen molar-refractivity contribution in [1.29, 1.82) is 0 Å². The number of hydrogen-bond donors (Lipinski definition) is 1. The number of nitro benzene ring substituents is 1. The topological polar surface area (TPSA) is 93.5 Å². The molecule has 0 unspecified atom stereocenters. The Labute approximate surface area is 151 Å². The molecule has 3 aliphatic heterocycles. The second-order valence-electron chi connectivity index (χ2n) is 6.54. The van der Waals surface area contributed by atoms with E-state index in [0.717, 1.165) is 43.0 Å². The van der Waals surface area contributed by atoms with Crippen LogP contribution in [0.1, 0.15) is 38.3 Å². The van der Waals surface area contributed by atoms with Crippen LogP contribution in [0.3, 0.4) is 0 Å². The summed E-state index contributed by atoms with van der Waals surface area (Å²) in [7, 11) is 0. The molecule has 1 fully saturated rings. The summed E-state index contributed by atoms with van der Waals surface area (Å²) in [6.07, 6.45) is 2.24. The number of benzene rings is 1. The van der Waals surface area contributed by atoms with Crippen LogP contribution in [0.25, 0.3) is 11.3 Å². The largest absolute Gasteiger partial charge is 0.493 e. The van der Waals surface area contributed by atoms with Crippen LogP contribution in [0.5, 0.6) is 11.5 Å². The average molecular weight is 358 g/mol. The first-order valence-corrected chi connectivity index (χ1v) is 9.05. The molecule has 1 saturated heterocycles. The van der Waals surface area contributed by atoms with Crippen LogP contribution in [0.4, 0.5) is 11.4 Å². The van der Waals surface area contributed by atoms with Crippen LogP contribution in [0, 0.1) is 10.1 Å². The van der Waals surface area contributed by atoms with Crippen LogP contribution < -0.4 is 14.4 Å². The molecule has 0 radical (unpaired) electrons. The molecule has 0 atom stereocenters. The van der Waals surface area contributed by atoms with Gasteiger partial charge in [0.05, 0.1) is 35.1 Å². The van der Waals surface area contributed by atoms with Crippen molar-refractivity contribution in [2.75, 3.05) is 31.2 Å². The van der Waals surface area contributed by atoms with E-state index in [4.69, 9.17) is 9.47 Å². The van der Waals surface area contributed by atoms with Crippen molar-refractivity contribution in [3.8, 4) is 22.8 Å². The molecule has 1 aromatic heterocycles. The van der Waals surface area contributed by atoms with Crippen LogP contribution in [-0.2, 0) is 0 Å². The number of nitro groups is 1. The van der Waals surface area contributed by atoms with Gasteiger partial charge in [-0.1, -0.05) is 0 Å². The minimum absolute atomic E-state index is 0.0713. The molecule has 4 heterocycles. The number of aromatic nitrogens is 2. The molecular weight excluding hydrogens is 336 g/mol. The Morgan fingerprint density at radius 3 is 2.58 bits per heavy atom. The second kappa shape index (κ2) is 6.51. The van der Waals surface area contributed by atoms with Gasteiger partial charge in [-0.25, -0.2) is 0 Å². The minimum atomic E-state index is -0.421. The molecule has 8 nitrogen and oxygen atoms in total. The lowest BCUT2D eigenvalue weighted by molar-refractivity contribution is -0.385. The van der Waals surface area contributed by atoms with E-state index in [9.17, 15) is 10.1 Å². The zero-order valence-corrected chi connectivity index (χ0v) is 14.9. The van der Waals surface area contributed by atoms with Crippen molar-refractivity contribution in [1.82, 2.24) is 10.2 Å². The summed E-state index contributed by atoms with van der Waals surface area (Å²) in [5.41, 5.74) is 3.48. The molecule has 0 spiro atoms. The van der Waals surface area contributed by atoms with Gasteiger partial charge in [0.25, 0.3) is 0 Å². The first kappa shape index (κ1) is 16.7. The smallest absolute Gasteiger partial charge is 0.311 e. The van der Waals surface area contributed by atoms with Gasteiger partial charge in [-0.3, -0.25) is 15.2 Å². The predicted molar refractivity (Wildman–Crippen MR) is 97.2 cm³/mol. The average Bonchev–Trinajstić information content (AvgIpc) is 3.10. The number of piperidine rings is 1.